The van der Waals surface area contributed by atoms with Crippen LogP contribution >= 0.6 is 0 Å². The molecule has 1 N–H and O–H groups in total. The smallest absolute Gasteiger partial charge is 0.336 e. The van der Waals surface area contributed by atoms with Gasteiger partial charge < -0.3 is 14.6 Å². The average molecular weight is 509 g/mol. The van der Waals surface area contributed by atoms with E-state index in [1.54, 1.807) is 13.8 Å². The lowest BCUT2D eigenvalue weighted by Gasteiger charge is -2.33. The molecule has 5 nitrogen and oxygen atoms in total. The first-order valence-electron chi connectivity index (χ1n) is 13.5. The Hall–Kier alpha value is -2.92. The van der Waals surface area contributed by atoms with Crippen molar-refractivity contribution in [3.05, 3.63) is 71.3 Å². The molecule has 0 amide bonds. The third-order valence-electron chi connectivity index (χ3n) is 7.11. The van der Waals surface area contributed by atoms with E-state index in [0.717, 1.165) is 23.1 Å². The van der Waals surface area contributed by atoms with Crippen LogP contribution in [0.15, 0.2) is 54.6 Å². The highest BCUT2D eigenvalue weighted by Crippen LogP contribution is 2.32. The Morgan fingerprint density at radius 3 is 2.11 bits per heavy atom. The molecule has 0 fully saturated rings. The fourth-order valence-electron chi connectivity index (χ4n) is 4.20. The molecular weight excluding hydrogens is 464 g/mol. The molecule has 2 rings (SSSR count). The molecule has 0 saturated carbocycles. The molecule has 0 aliphatic carbocycles. The van der Waals surface area contributed by atoms with Crippen LogP contribution in [0.5, 0.6) is 0 Å². The lowest BCUT2D eigenvalue weighted by atomic mass is 9.79. The molecule has 0 aliphatic rings. The first kappa shape index (κ1) is 30.3. The molecule has 0 heterocycles. The number of unbranched alkanes of at least 4 members (excludes halogenated alkanes) is 2. The summed E-state index contributed by atoms with van der Waals surface area (Å²) < 4.78 is 11.2. The highest BCUT2D eigenvalue weighted by atomic mass is 16.5. The Balaban J connectivity index is 2.31. The number of hydrogen-bond donors (Lipinski definition) is 1. The Morgan fingerprint density at radius 2 is 1.57 bits per heavy atom. The van der Waals surface area contributed by atoms with Crippen LogP contribution in [0.2, 0.25) is 0 Å². The summed E-state index contributed by atoms with van der Waals surface area (Å²) in [5.74, 6) is -1.22. The van der Waals surface area contributed by atoms with Gasteiger partial charge in [0, 0.05) is 0 Å². The zero-order valence-electron chi connectivity index (χ0n) is 23.4. The van der Waals surface area contributed by atoms with Crippen LogP contribution in [0.3, 0.4) is 0 Å². The van der Waals surface area contributed by atoms with E-state index >= 15 is 0 Å². The number of carbonyl (C=O) groups excluding carboxylic acids is 2. The van der Waals surface area contributed by atoms with E-state index in [4.69, 9.17) is 9.47 Å². The van der Waals surface area contributed by atoms with Crippen molar-refractivity contribution in [1.82, 2.24) is 0 Å². The van der Waals surface area contributed by atoms with Gasteiger partial charge in [0.1, 0.15) is 13.2 Å². The van der Waals surface area contributed by atoms with Gasteiger partial charge in [-0.1, -0.05) is 89.6 Å². The van der Waals surface area contributed by atoms with Crippen molar-refractivity contribution >= 4 is 11.9 Å². The SMILES string of the molecule is C=C(C(=O)OCC(CC)(COC(=O)C(C)C)c1ccc(-c2ccc(CCCCC)c(C)c2)cc1)C(C)O. The minimum Gasteiger partial charge on any atom is -0.464 e. The topological polar surface area (TPSA) is 72.8 Å². The molecule has 0 aliphatic heterocycles. The molecule has 0 spiro atoms. The Kier molecular flexibility index (Phi) is 11.6. The maximum Gasteiger partial charge on any atom is 0.336 e. The summed E-state index contributed by atoms with van der Waals surface area (Å²) in [6.07, 6.45) is 4.36. The van der Waals surface area contributed by atoms with Gasteiger partial charge in [0.2, 0.25) is 0 Å². The van der Waals surface area contributed by atoms with E-state index in [9.17, 15) is 14.7 Å². The molecule has 0 radical (unpaired) electrons. The summed E-state index contributed by atoms with van der Waals surface area (Å²) in [6.45, 7) is 15.1. The van der Waals surface area contributed by atoms with Crippen molar-refractivity contribution < 1.29 is 24.2 Å². The van der Waals surface area contributed by atoms with Gasteiger partial charge in [-0.3, -0.25) is 4.79 Å². The van der Waals surface area contributed by atoms with E-state index in [1.165, 1.54) is 37.3 Å². The maximum absolute atomic E-state index is 12.4. The van der Waals surface area contributed by atoms with Crippen LogP contribution in [0.1, 0.15) is 77.0 Å². The van der Waals surface area contributed by atoms with Crippen molar-refractivity contribution in [2.75, 3.05) is 13.2 Å². The number of aryl methyl sites for hydroxylation is 2. The molecule has 2 aromatic carbocycles. The second-order valence-electron chi connectivity index (χ2n) is 10.3. The van der Waals surface area contributed by atoms with Gasteiger partial charge in [-0.05, 0) is 60.9 Å². The summed E-state index contributed by atoms with van der Waals surface area (Å²) in [5, 5.41) is 9.69. The molecule has 2 atom stereocenters. The number of ether oxygens (including phenoxy) is 2. The van der Waals surface area contributed by atoms with Crippen molar-refractivity contribution in [1.29, 1.82) is 0 Å². The molecular formula is C32H44O5. The zero-order valence-corrected chi connectivity index (χ0v) is 23.4. The van der Waals surface area contributed by atoms with Crippen LogP contribution in [0, 0.1) is 12.8 Å². The predicted molar refractivity (Wildman–Crippen MR) is 149 cm³/mol. The number of hydrogen-bond acceptors (Lipinski definition) is 5. The molecule has 202 valence electrons. The second kappa shape index (κ2) is 14.1. The number of esters is 2. The molecule has 2 unspecified atom stereocenters. The number of rotatable bonds is 14. The van der Waals surface area contributed by atoms with Gasteiger partial charge in [-0.2, -0.15) is 0 Å². The Bertz CT molecular complexity index is 1050. The molecule has 37 heavy (non-hydrogen) atoms. The highest BCUT2D eigenvalue weighted by molar-refractivity contribution is 5.88. The quantitative estimate of drug-likeness (QED) is 0.174. The summed E-state index contributed by atoms with van der Waals surface area (Å²) >= 11 is 0. The Labute approximate surface area is 222 Å². The second-order valence-corrected chi connectivity index (χ2v) is 10.3. The third-order valence-corrected chi connectivity index (χ3v) is 7.11. The van der Waals surface area contributed by atoms with E-state index in [1.807, 2.05) is 19.1 Å². The van der Waals surface area contributed by atoms with Gasteiger partial charge in [0.15, 0.2) is 0 Å². The van der Waals surface area contributed by atoms with Gasteiger partial charge >= 0.3 is 11.9 Å². The van der Waals surface area contributed by atoms with E-state index in [0.29, 0.717) is 6.42 Å². The Morgan fingerprint density at radius 1 is 0.946 bits per heavy atom. The van der Waals surface area contributed by atoms with Crippen LogP contribution in [-0.4, -0.2) is 36.4 Å². The summed E-state index contributed by atoms with van der Waals surface area (Å²) in [4.78, 5) is 24.7. The van der Waals surface area contributed by atoms with Gasteiger partial charge in [0.25, 0.3) is 0 Å². The van der Waals surface area contributed by atoms with Crippen LogP contribution in [0.4, 0.5) is 0 Å². The normalized spacial score (nSPS) is 13.6. The fraction of sp³-hybridized carbons (Fsp3) is 0.500. The molecule has 0 saturated heterocycles. The summed E-state index contributed by atoms with van der Waals surface area (Å²) in [5.41, 5.74) is 5.12. The first-order valence-corrected chi connectivity index (χ1v) is 13.5. The number of benzene rings is 2. The molecule has 0 bridgehead atoms. The number of carbonyl (C=O) groups is 2. The van der Waals surface area contributed by atoms with E-state index in [-0.39, 0.29) is 30.7 Å². The highest BCUT2D eigenvalue weighted by Gasteiger charge is 2.35. The number of aliphatic hydroxyl groups excluding tert-OH is 1. The average Bonchev–Trinajstić information content (AvgIpc) is 2.89. The third kappa shape index (κ3) is 8.29. The monoisotopic (exact) mass is 508 g/mol. The lowest BCUT2D eigenvalue weighted by molar-refractivity contribution is -0.151. The fourth-order valence-corrected chi connectivity index (χ4v) is 4.20. The zero-order chi connectivity index (χ0) is 27.6. The van der Waals surface area contributed by atoms with Gasteiger partial charge in [-0.15, -0.1) is 0 Å². The number of aliphatic hydroxyl groups is 1. The van der Waals surface area contributed by atoms with Gasteiger partial charge in [-0.25, -0.2) is 4.79 Å². The maximum atomic E-state index is 12.4. The van der Waals surface area contributed by atoms with Crippen LogP contribution in [0.25, 0.3) is 11.1 Å². The minimum absolute atomic E-state index is 0.00433. The standard InChI is InChI=1S/C32H44O5/c1-8-10-11-12-26-13-14-28(19-23(26)5)27-15-17-29(18-16-27)32(9-2,20-36-30(34)22(3)4)21-37-31(35)24(6)25(7)33/h13-19,22,25,33H,6,8-12,20-21H2,1-5,7H3. The van der Waals surface area contributed by atoms with Crippen molar-refractivity contribution in [3.8, 4) is 11.1 Å². The molecule has 5 heteroatoms. The summed E-state index contributed by atoms with van der Waals surface area (Å²) in [6, 6.07) is 14.8. The largest absolute Gasteiger partial charge is 0.464 e. The van der Waals surface area contributed by atoms with Crippen LogP contribution < -0.4 is 0 Å². The van der Waals surface area contributed by atoms with E-state index < -0.39 is 17.5 Å². The van der Waals surface area contributed by atoms with E-state index in [2.05, 4.69) is 50.8 Å². The molecule has 2 aromatic rings. The van der Waals surface area contributed by atoms with Crippen molar-refractivity contribution in [2.24, 2.45) is 5.92 Å². The van der Waals surface area contributed by atoms with Crippen molar-refractivity contribution in [2.45, 2.75) is 85.2 Å². The predicted octanol–water partition coefficient (Wildman–Crippen LogP) is 6.72. The molecule has 0 aromatic heterocycles. The van der Waals surface area contributed by atoms with Crippen LogP contribution in [-0.2, 0) is 30.9 Å². The summed E-state index contributed by atoms with van der Waals surface area (Å²) in [7, 11) is 0. The first-order chi connectivity index (χ1) is 17.5. The lowest BCUT2D eigenvalue weighted by Crippen LogP contribution is -2.39. The minimum atomic E-state index is -0.997. The van der Waals surface area contributed by atoms with Gasteiger partial charge in [0.05, 0.1) is 23.0 Å². The van der Waals surface area contributed by atoms with Crippen molar-refractivity contribution in [3.63, 3.8) is 0 Å².